The minimum Gasteiger partial charge on any atom is -0.449 e. The summed E-state index contributed by atoms with van der Waals surface area (Å²) < 4.78 is 5.21. The molecule has 0 fully saturated rings. The van der Waals surface area contributed by atoms with Gasteiger partial charge in [-0.3, -0.25) is 20.4 Å². The molecule has 0 unspecified atom stereocenters. The molecule has 136 valence electrons. The number of amides is 2. The molecule has 0 radical (unpaired) electrons. The molecule has 2 aromatic carbocycles. The van der Waals surface area contributed by atoms with E-state index in [9.17, 15) is 14.4 Å². The molecule has 0 aliphatic rings. The van der Waals surface area contributed by atoms with Gasteiger partial charge in [0.15, 0.2) is 6.10 Å². The average molecular weight is 372 g/mol. The smallest absolute Gasteiger partial charge is 0.340 e. The van der Waals surface area contributed by atoms with E-state index >= 15 is 0 Å². The molecule has 2 amide bonds. The standard InChI is InChI=1S/C19H20N2O4S/c1-3-26-16-12-8-7-11-15(16)19(24)25-13(2)17(22)20-21-18(23)14-9-5-4-6-10-14/h4-13H,3H2,1-2H3,(H,20,22)(H,21,23)/t13-/m1/s1. The Kier molecular flexibility index (Phi) is 7.23. The molecule has 0 bridgehead atoms. The number of hydrazine groups is 1. The molecule has 0 aliphatic carbocycles. The normalized spacial score (nSPS) is 11.3. The van der Waals surface area contributed by atoms with E-state index in [1.54, 1.807) is 42.5 Å². The highest BCUT2D eigenvalue weighted by atomic mass is 32.2. The average Bonchev–Trinajstić information content (AvgIpc) is 2.67. The van der Waals surface area contributed by atoms with Crippen molar-refractivity contribution in [3.63, 3.8) is 0 Å². The Morgan fingerprint density at radius 1 is 1.00 bits per heavy atom. The molecule has 2 rings (SSSR count). The van der Waals surface area contributed by atoms with Crippen LogP contribution in [0.5, 0.6) is 0 Å². The maximum atomic E-state index is 12.3. The molecule has 1 atom stereocenters. The third kappa shape index (κ3) is 5.35. The zero-order valence-electron chi connectivity index (χ0n) is 14.5. The van der Waals surface area contributed by atoms with Crippen molar-refractivity contribution >= 4 is 29.5 Å². The van der Waals surface area contributed by atoms with Gasteiger partial charge in [0.25, 0.3) is 11.8 Å². The first-order valence-corrected chi connectivity index (χ1v) is 9.09. The Labute approximate surface area is 156 Å². The molecule has 2 aromatic rings. The van der Waals surface area contributed by atoms with Crippen molar-refractivity contribution in [1.82, 2.24) is 10.9 Å². The summed E-state index contributed by atoms with van der Waals surface area (Å²) in [6.45, 7) is 3.43. The second-order valence-corrected chi connectivity index (χ2v) is 6.59. The van der Waals surface area contributed by atoms with Crippen molar-refractivity contribution in [3.8, 4) is 0 Å². The van der Waals surface area contributed by atoms with E-state index in [1.807, 2.05) is 19.1 Å². The lowest BCUT2D eigenvalue weighted by Crippen LogP contribution is -2.46. The Morgan fingerprint density at radius 3 is 2.35 bits per heavy atom. The number of hydrogen-bond acceptors (Lipinski definition) is 5. The summed E-state index contributed by atoms with van der Waals surface area (Å²) in [5.41, 5.74) is 5.36. The van der Waals surface area contributed by atoms with Gasteiger partial charge in [0.05, 0.1) is 5.56 Å². The molecule has 6 nitrogen and oxygen atoms in total. The molecule has 0 aliphatic heterocycles. The lowest BCUT2D eigenvalue weighted by atomic mass is 10.2. The molecule has 7 heteroatoms. The molecule has 0 aromatic heterocycles. The van der Waals surface area contributed by atoms with E-state index in [2.05, 4.69) is 10.9 Å². The fraction of sp³-hybridized carbons (Fsp3) is 0.211. The topological polar surface area (TPSA) is 84.5 Å². The molecule has 2 N–H and O–H groups in total. The van der Waals surface area contributed by atoms with E-state index in [0.717, 1.165) is 10.6 Å². The van der Waals surface area contributed by atoms with Crippen LogP contribution in [0, 0.1) is 0 Å². The molecule has 26 heavy (non-hydrogen) atoms. The first kappa shape index (κ1) is 19.5. The predicted molar refractivity (Wildman–Crippen MR) is 99.8 cm³/mol. The van der Waals surface area contributed by atoms with Crippen LogP contribution in [-0.2, 0) is 9.53 Å². The molecule has 0 spiro atoms. The highest BCUT2D eigenvalue weighted by Crippen LogP contribution is 2.23. The summed E-state index contributed by atoms with van der Waals surface area (Å²) >= 11 is 1.52. The van der Waals surface area contributed by atoms with Crippen LogP contribution in [0.1, 0.15) is 34.6 Å². The van der Waals surface area contributed by atoms with Crippen LogP contribution >= 0.6 is 11.8 Å². The van der Waals surface area contributed by atoms with Crippen molar-refractivity contribution in [2.24, 2.45) is 0 Å². The minimum atomic E-state index is -1.06. The highest BCUT2D eigenvalue weighted by Gasteiger charge is 2.21. The van der Waals surface area contributed by atoms with E-state index in [-0.39, 0.29) is 0 Å². The van der Waals surface area contributed by atoms with Crippen LogP contribution in [0.2, 0.25) is 0 Å². The van der Waals surface area contributed by atoms with E-state index < -0.39 is 23.9 Å². The third-order valence-electron chi connectivity index (χ3n) is 3.40. The summed E-state index contributed by atoms with van der Waals surface area (Å²) in [5, 5.41) is 0. The number of rotatable bonds is 6. The van der Waals surface area contributed by atoms with Gasteiger partial charge < -0.3 is 4.74 Å². The van der Waals surface area contributed by atoms with Gasteiger partial charge in [-0.05, 0) is 36.9 Å². The van der Waals surface area contributed by atoms with Crippen molar-refractivity contribution in [1.29, 1.82) is 0 Å². The van der Waals surface area contributed by atoms with Crippen molar-refractivity contribution < 1.29 is 19.1 Å². The Bertz CT molecular complexity index is 780. The second kappa shape index (κ2) is 9.62. The number of carbonyl (C=O) groups is 3. The van der Waals surface area contributed by atoms with Gasteiger partial charge in [-0.1, -0.05) is 37.3 Å². The molecule has 0 heterocycles. The summed E-state index contributed by atoms with van der Waals surface area (Å²) in [7, 11) is 0. The van der Waals surface area contributed by atoms with Crippen molar-refractivity contribution in [3.05, 3.63) is 65.7 Å². The monoisotopic (exact) mass is 372 g/mol. The number of carbonyl (C=O) groups excluding carboxylic acids is 3. The van der Waals surface area contributed by atoms with Crippen LogP contribution in [0.25, 0.3) is 0 Å². The van der Waals surface area contributed by atoms with Crippen LogP contribution in [0.15, 0.2) is 59.5 Å². The zero-order chi connectivity index (χ0) is 18.9. The van der Waals surface area contributed by atoms with Gasteiger partial charge in [-0.25, -0.2) is 4.79 Å². The number of esters is 1. The lowest BCUT2D eigenvalue weighted by molar-refractivity contribution is -0.129. The highest BCUT2D eigenvalue weighted by molar-refractivity contribution is 7.99. The first-order valence-electron chi connectivity index (χ1n) is 8.11. The second-order valence-electron chi connectivity index (χ2n) is 5.29. The number of hydrogen-bond donors (Lipinski definition) is 2. The summed E-state index contributed by atoms with van der Waals surface area (Å²) in [5.74, 6) is -0.852. The van der Waals surface area contributed by atoms with E-state index in [1.165, 1.54) is 18.7 Å². The summed E-state index contributed by atoms with van der Waals surface area (Å²) in [6, 6.07) is 15.5. The number of thioether (sulfide) groups is 1. The Morgan fingerprint density at radius 2 is 1.65 bits per heavy atom. The summed E-state index contributed by atoms with van der Waals surface area (Å²) in [4.78, 5) is 37.1. The van der Waals surface area contributed by atoms with Gasteiger partial charge in [0.1, 0.15) is 0 Å². The number of benzene rings is 2. The number of nitrogens with one attached hydrogen (secondary N) is 2. The third-order valence-corrected chi connectivity index (χ3v) is 4.35. The van der Waals surface area contributed by atoms with Crippen LogP contribution < -0.4 is 10.9 Å². The van der Waals surface area contributed by atoms with E-state index in [4.69, 9.17) is 4.74 Å². The molecule has 0 saturated carbocycles. The van der Waals surface area contributed by atoms with Crippen molar-refractivity contribution in [2.45, 2.75) is 24.8 Å². The minimum absolute atomic E-state index is 0.406. The van der Waals surface area contributed by atoms with Gasteiger partial charge in [-0.15, -0.1) is 11.8 Å². The van der Waals surface area contributed by atoms with Crippen molar-refractivity contribution in [2.75, 3.05) is 5.75 Å². The van der Waals surface area contributed by atoms with E-state index in [0.29, 0.717) is 11.1 Å². The summed E-state index contributed by atoms with van der Waals surface area (Å²) in [6.07, 6.45) is -1.06. The predicted octanol–water partition coefficient (Wildman–Crippen LogP) is 2.81. The van der Waals surface area contributed by atoms with Gasteiger partial charge in [-0.2, -0.15) is 0 Å². The molecular formula is C19H20N2O4S. The Balaban J connectivity index is 1.90. The zero-order valence-corrected chi connectivity index (χ0v) is 15.3. The maximum Gasteiger partial charge on any atom is 0.340 e. The molecular weight excluding hydrogens is 352 g/mol. The largest absolute Gasteiger partial charge is 0.449 e. The number of ether oxygens (including phenoxy) is 1. The maximum absolute atomic E-state index is 12.3. The van der Waals surface area contributed by atoms with Crippen LogP contribution in [-0.4, -0.2) is 29.6 Å². The lowest BCUT2D eigenvalue weighted by Gasteiger charge is -2.15. The van der Waals surface area contributed by atoms with Crippen LogP contribution in [0.4, 0.5) is 0 Å². The molecule has 0 saturated heterocycles. The first-order chi connectivity index (χ1) is 12.5. The van der Waals surface area contributed by atoms with Gasteiger partial charge in [0, 0.05) is 10.5 Å². The Hall–Kier alpha value is -2.80. The fourth-order valence-corrected chi connectivity index (χ4v) is 2.87. The van der Waals surface area contributed by atoms with Crippen LogP contribution in [0.3, 0.4) is 0 Å². The fourth-order valence-electron chi connectivity index (χ4n) is 2.08. The van der Waals surface area contributed by atoms with Gasteiger partial charge in [0.2, 0.25) is 0 Å². The SMILES string of the molecule is CCSc1ccccc1C(=O)O[C@H](C)C(=O)NNC(=O)c1ccccc1. The quantitative estimate of drug-likeness (QED) is 0.463. The van der Waals surface area contributed by atoms with Gasteiger partial charge >= 0.3 is 5.97 Å².